The van der Waals surface area contributed by atoms with E-state index in [-0.39, 0.29) is 11.3 Å². The molecule has 0 aliphatic carbocycles. The van der Waals surface area contributed by atoms with Crippen molar-refractivity contribution in [3.63, 3.8) is 0 Å². The molecule has 1 aliphatic heterocycles. The average Bonchev–Trinajstić information content (AvgIpc) is 2.89. The molecule has 5 rings (SSSR count). The Morgan fingerprint density at radius 2 is 1.75 bits per heavy atom. The number of piperidine rings is 1. The third kappa shape index (κ3) is 4.70. The van der Waals surface area contributed by atoms with Crippen LogP contribution in [0.25, 0.3) is 22.1 Å². The van der Waals surface area contributed by atoms with Gasteiger partial charge in [0.2, 0.25) is 0 Å². The molecular formula is C28H25N3O5. The van der Waals surface area contributed by atoms with Gasteiger partial charge in [-0.15, -0.1) is 0 Å². The van der Waals surface area contributed by atoms with E-state index in [1.807, 2.05) is 17.0 Å². The van der Waals surface area contributed by atoms with Gasteiger partial charge in [-0.3, -0.25) is 14.9 Å². The number of nitro benzene ring substituents is 1. The number of para-hydroxylation sites is 1. The van der Waals surface area contributed by atoms with Crippen LogP contribution in [-0.2, 0) is 0 Å². The van der Waals surface area contributed by atoms with Gasteiger partial charge in [-0.2, -0.15) is 0 Å². The molecule has 1 amide bonds. The van der Waals surface area contributed by atoms with Crippen molar-refractivity contribution in [3.8, 4) is 11.1 Å². The van der Waals surface area contributed by atoms with E-state index in [4.69, 9.17) is 4.42 Å². The zero-order chi connectivity index (χ0) is 25.2. The molecule has 0 spiro atoms. The lowest BCUT2D eigenvalue weighted by Gasteiger charge is -2.31. The maximum Gasteiger partial charge on any atom is 0.344 e. The van der Waals surface area contributed by atoms with Gasteiger partial charge in [-0.25, -0.2) is 4.79 Å². The lowest BCUT2D eigenvalue weighted by Crippen LogP contribution is -2.33. The molecule has 0 atom stereocenters. The van der Waals surface area contributed by atoms with Crippen LogP contribution in [0.5, 0.6) is 0 Å². The Morgan fingerprint density at radius 1 is 1.03 bits per heavy atom. The summed E-state index contributed by atoms with van der Waals surface area (Å²) in [7, 11) is 0. The molecule has 8 nitrogen and oxygen atoms in total. The Bertz CT molecular complexity index is 1500. The molecule has 0 radical (unpaired) electrons. The highest BCUT2D eigenvalue weighted by molar-refractivity contribution is 6.05. The first-order valence-electron chi connectivity index (χ1n) is 11.9. The Hall–Kier alpha value is -4.46. The molecule has 1 N–H and O–H groups in total. The van der Waals surface area contributed by atoms with Crippen molar-refractivity contribution in [1.82, 2.24) is 0 Å². The fraction of sp³-hybridized carbons (Fsp3) is 0.214. The van der Waals surface area contributed by atoms with Gasteiger partial charge in [0.25, 0.3) is 11.6 Å². The predicted molar refractivity (Wildman–Crippen MR) is 140 cm³/mol. The number of nitrogens with one attached hydrogen (secondary N) is 1. The van der Waals surface area contributed by atoms with Crippen LogP contribution in [0.15, 0.2) is 82.0 Å². The largest absolute Gasteiger partial charge is 0.422 e. The van der Waals surface area contributed by atoms with Crippen molar-refractivity contribution >= 4 is 33.9 Å². The highest BCUT2D eigenvalue weighted by Crippen LogP contribution is 2.32. The SMILES string of the molecule is CC1CCN(c2ccc(C(=O)Nc3ccc(-c4cc5ccccc5oc4=O)cc3)cc2[N+](=O)[O-])CC1. The van der Waals surface area contributed by atoms with Crippen LogP contribution in [-0.4, -0.2) is 23.9 Å². The second-order valence-corrected chi connectivity index (χ2v) is 9.15. The summed E-state index contributed by atoms with van der Waals surface area (Å²) in [5.41, 5.74) is 2.33. The zero-order valence-electron chi connectivity index (χ0n) is 19.8. The van der Waals surface area contributed by atoms with Gasteiger partial charge in [0.05, 0.1) is 10.5 Å². The molecule has 1 aliphatic rings. The van der Waals surface area contributed by atoms with E-state index >= 15 is 0 Å². The molecule has 8 heteroatoms. The van der Waals surface area contributed by atoms with Crippen LogP contribution in [0.1, 0.15) is 30.1 Å². The van der Waals surface area contributed by atoms with E-state index in [0.29, 0.717) is 34.0 Å². The van der Waals surface area contributed by atoms with Crippen LogP contribution < -0.4 is 15.8 Å². The molecule has 182 valence electrons. The summed E-state index contributed by atoms with van der Waals surface area (Å²) < 4.78 is 5.41. The third-order valence-electron chi connectivity index (χ3n) is 6.65. The summed E-state index contributed by atoms with van der Waals surface area (Å²) in [6, 6.07) is 20.5. The van der Waals surface area contributed by atoms with Crippen LogP contribution in [0.2, 0.25) is 0 Å². The fourth-order valence-electron chi connectivity index (χ4n) is 4.53. The van der Waals surface area contributed by atoms with Gasteiger partial charge in [0.1, 0.15) is 11.3 Å². The zero-order valence-corrected chi connectivity index (χ0v) is 19.8. The Balaban J connectivity index is 1.35. The van der Waals surface area contributed by atoms with Gasteiger partial charge in [-0.1, -0.05) is 37.3 Å². The molecular weight excluding hydrogens is 458 g/mol. The number of carbonyl (C=O) groups excluding carboxylic acids is 1. The summed E-state index contributed by atoms with van der Waals surface area (Å²) in [4.78, 5) is 38.6. The van der Waals surface area contributed by atoms with E-state index in [1.165, 1.54) is 6.07 Å². The van der Waals surface area contributed by atoms with Gasteiger partial charge in [0.15, 0.2) is 0 Å². The van der Waals surface area contributed by atoms with Crippen molar-refractivity contribution in [1.29, 1.82) is 0 Å². The van der Waals surface area contributed by atoms with Gasteiger partial charge < -0.3 is 14.6 Å². The lowest BCUT2D eigenvalue weighted by molar-refractivity contribution is -0.384. The van der Waals surface area contributed by atoms with E-state index in [1.54, 1.807) is 54.6 Å². The van der Waals surface area contributed by atoms with E-state index in [2.05, 4.69) is 12.2 Å². The average molecular weight is 484 g/mol. The summed E-state index contributed by atoms with van der Waals surface area (Å²) in [6.07, 6.45) is 1.97. The number of amides is 1. The maximum absolute atomic E-state index is 12.9. The molecule has 0 saturated carbocycles. The highest BCUT2D eigenvalue weighted by atomic mass is 16.6. The Kier molecular flexibility index (Phi) is 6.25. The number of hydrogen-bond acceptors (Lipinski definition) is 6. The normalized spacial score (nSPS) is 14.1. The lowest BCUT2D eigenvalue weighted by atomic mass is 9.98. The summed E-state index contributed by atoms with van der Waals surface area (Å²) in [5, 5.41) is 15.3. The minimum absolute atomic E-state index is 0.0735. The first-order chi connectivity index (χ1) is 17.4. The maximum atomic E-state index is 12.9. The minimum Gasteiger partial charge on any atom is -0.422 e. The third-order valence-corrected chi connectivity index (χ3v) is 6.65. The Labute approximate surface area is 207 Å². The van der Waals surface area contributed by atoms with Gasteiger partial charge in [-0.05, 0) is 60.7 Å². The second-order valence-electron chi connectivity index (χ2n) is 9.15. The number of carbonyl (C=O) groups is 1. The molecule has 1 saturated heterocycles. The van der Waals surface area contributed by atoms with Crippen LogP contribution in [0, 0.1) is 16.0 Å². The predicted octanol–water partition coefficient (Wildman–Crippen LogP) is 5.86. The monoisotopic (exact) mass is 483 g/mol. The number of benzene rings is 3. The molecule has 0 bridgehead atoms. The highest BCUT2D eigenvalue weighted by Gasteiger charge is 2.25. The quantitative estimate of drug-likeness (QED) is 0.217. The summed E-state index contributed by atoms with van der Waals surface area (Å²) in [6.45, 7) is 3.70. The number of nitrogens with zero attached hydrogens (tertiary/aromatic N) is 2. The van der Waals surface area contributed by atoms with E-state index < -0.39 is 16.5 Å². The molecule has 1 aromatic heterocycles. The fourth-order valence-corrected chi connectivity index (χ4v) is 4.53. The number of fused-ring (bicyclic) bond motifs is 1. The van der Waals surface area contributed by atoms with Crippen molar-refractivity contribution < 1.29 is 14.1 Å². The van der Waals surface area contributed by atoms with Crippen molar-refractivity contribution in [2.45, 2.75) is 19.8 Å². The summed E-state index contributed by atoms with van der Waals surface area (Å²) in [5.74, 6) is 0.155. The second kappa shape index (κ2) is 9.65. The molecule has 0 unspecified atom stereocenters. The molecule has 3 aromatic carbocycles. The number of rotatable bonds is 5. The van der Waals surface area contributed by atoms with E-state index in [9.17, 15) is 19.7 Å². The smallest absolute Gasteiger partial charge is 0.344 e. The number of anilines is 2. The van der Waals surface area contributed by atoms with Crippen molar-refractivity contribution in [3.05, 3.63) is 98.9 Å². The van der Waals surface area contributed by atoms with Crippen LogP contribution in [0.3, 0.4) is 0 Å². The van der Waals surface area contributed by atoms with Crippen molar-refractivity contribution in [2.75, 3.05) is 23.3 Å². The molecule has 1 fully saturated rings. The molecule has 4 aromatic rings. The molecule has 2 heterocycles. The van der Waals surface area contributed by atoms with Crippen molar-refractivity contribution in [2.24, 2.45) is 5.92 Å². The number of nitro groups is 1. The van der Waals surface area contributed by atoms with Gasteiger partial charge in [0, 0.05) is 35.8 Å². The van der Waals surface area contributed by atoms with Crippen LogP contribution in [0.4, 0.5) is 17.1 Å². The standard InChI is InChI=1S/C28H25N3O5/c1-18-12-14-30(15-13-18)24-11-8-21(17-25(24)31(34)35)27(32)29-22-9-6-19(7-10-22)23-16-20-4-2-3-5-26(20)36-28(23)33/h2-11,16-18H,12-15H2,1H3,(H,29,32). The Morgan fingerprint density at radius 3 is 2.47 bits per heavy atom. The van der Waals surface area contributed by atoms with E-state index in [0.717, 1.165) is 31.3 Å². The first kappa shape index (κ1) is 23.3. The number of hydrogen-bond donors (Lipinski definition) is 1. The summed E-state index contributed by atoms with van der Waals surface area (Å²) >= 11 is 0. The first-order valence-corrected chi connectivity index (χ1v) is 11.9. The molecule has 36 heavy (non-hydrogen) atoms. The minimum atomic E-state index is -0.449. The topological polar surface area (TPSA) is 106 Å². The van der Waals surface area contributed by atoms with Gasteiger partial charge >= 0.3 is 5.63 Å². The van der Waals surface area contributed by atoms with Crippen LogP contribution >= 0.6 is 0 Å².